The summed E-state index contributed by atoms with van der Waals surface area (Å²) in [6.45, 7) is 4.27. The highest BCUT2D eigenvalue weighted by Crippen LogP contribution is 2.50. The average molecular weight is 528 g/mol. The van der Waals surface area contributed by atoms with Gasteiger partial charge in [-0.3, -0.25) is 14.6 Å². The molecule has 1 aliphatic carbocycles. The maximum atomic E-state index is 13.7. The smallest absolute Gasteiger partial charge is 0.315 e. The highest BCUT2D eigenvalue weighted by atomic mass is 35.5. The zero-order valence-corrected chi connectivity index (χ0v) is 21.7. The number of fused-ring (bicyclic) bond motifs is 1. The van der Waals surface area contributed by atoms with Gasteiger partial charge in [0.25, 0.3) is 0 Å². The Hall–Kier alpha value is -2.83. The lowest BCUT2D eigenvalue weighted by atomic mass is 9.69. The van der Waals surface area contributed by atoms with Gasteiger partial charge < -0.3 is 14.2 Å². The Labute approximate surface area is 220 Å². The number of halogens is 2. The fraction of sp³-hybridized carbons (Fsp3) is 0.393. The molecule has 2 heterocycles. The number of benzene rings is 2. The van der Waals surface area contributed by atoms with Crippen molar-refractivity contribution in [1.82, 2.24) is 0 Å². The molecule has 36 heavy (non-hydrogen) atoms. The molecule has 6 nitrogen and oxygen atoms in total. The van der Waals surface area contributed by atoms with Crippen LogP contribution in [0.5, 0.6) is 11.5 Å². The molecule has 0 saturated heterocycles. The average Bonchev–Trinajstić information content (AvgIpc) is 3.30. The molecule has 0 spiro atoms. The van der Waals surface area contributed by atoms with Gasteiger partial charge in [0.15, 0.2) is 17.3 Å². The molecule has 0 saturated carbocycles. The van der Waals surface area contributed by atoms with Gasteiger partial charge in [-0.2, -0.15) is 0 Å². The van der Waals surface area contributed by atoms with Gasteiger partial charge in [0.1, 0.15) is 5.92 Å². The van der Waals surface area contributed by atoms with Gasteiger partial charge in [0, 0.05) is 45.4 Å². The Kier molecular flexibility index (Phi) is 7.09. The van der Waals surface area contributed by atoms with E-state index >= 15 is 0 Å². The summed E-state index contributed by atoms with van der Waals surface area (Å²) in [4.78, 5) is 31.9. The summed E-state index contributed by atoms with van der Waals surface area (Å²) in [6.07, 6.45) is 2.56. The lowest BCUT2D eigenvalue weighted by molar-refractivity contribution is -0.146. The number of unbranched alkanes of at least 4 members (excludes halogenated alkanes) is 1. The molecule has 2 aromatic rings. The molecule has 0 amide bonds. The van der Waals surface area contributed by atoms with E-state index < -0.39 is 17.8 Å². The summed E-state index contributed by atoms with van der Waals surface area (Å²) >= 11 is 12.8. The third-order valence-corrected chi connectivity index (χ3v) is 7.63. The second-order valence-corrected chi connectivity index (χ2v) is 10.2. The van der Waals surface area contributed by atoms with Gasteiger partial charge >= 0.3 is 5.97 Å². The maximum absolute atomic E-state index is 13.7. The van der Waals surface area contributed by atoms with Crippen molar-refractivity contribution in [3.8, 4) is 11.5 Å². The van der Waals surface area contributed by atoms with Crippen LogP contribution in [0.3, 0.4) is 0 Å². The summed E-state index contributed by atoms with van der Waals surface area (Å²) in [5.41, 5.74) is 3.51. The number of ether oxygens (including phenoxy) is 3. The SMILES string of the molecule is CCCCOC(=O)C1C(C)=NC2=C(C(=O)C[C@@H](c3ccc(Cl)cc3)C2)[C@H]1c1cc2c(cc1Cl)OCO2. The molecule has 0 bridgehead atoms. The van der Waals surface area contributed by atoms with Crippen LogP contribution in [0.2, 0.25) is 10.0 Å². The van der Waals surface area contributed by atoms with E-state index in [0.717, 1.165) is 18.4 Å². The first-order valence-electron chi connectivity index (χ1n) is 12.2. The van der Waals surface area contributed by atoms with Gasteiger partial charge in [0.05, 0.1) is 6.61 Å². The summed E-state index contributed by atoms with van der Waals surface area (Å²) in [5.74, 6) is -0.760. The molecule has 8 heteroatoms. The van der Waals surface area contributed by atoms with Crippen molar-refractivity contribution in [1.29, 1.82) is 0 Å². The van der Waals surface area contributed by atoms with E-state index in [9.17, 15) is 9.59 Å². The second kappa shape index (κ2) is 10.3. The van der Waals surface area contributed by atoms with E-state index in [-0.39, 0.29) is 18.5 Å². The van der Waals surface area contributed by atoms with Crippen LogP contribution in [0.25, 0.3) is 0 Å². The number of aliphatic imine (C=N–C) groups is 1. The second-order valence-electron chi connectivity index (χ2n) is 9.40. The number of hydrogen-bond donors (Lipinski definition) is 0. The topological polar surface area (TPSA) is 74.2 Å². The highest BCUT2D eigenvalue weighted by molar-refractivity contribution is 6.32. The Morgan fingerprint density at radius 1 is 1.11 bits per heavy atom. The number of esters is 1. The number of nitrogens with zero attached hydrogens (tertiary/aromatic N) is 1. The van der Waals surface area contributed by atoms with Gasteiger partial charge in [0.2, 0.25) is 6.79 Å². The zero-order chi connectivity index (χ0) is 25.4. The van der Waals surface area contributed by atoms with Gasteiger partial charge in [-0.1, -0.05) is 48.7 Å². The molecule has 1 unspecified atom stereocenters. The van der Waals surface area contributed by atoms with Crippen LogP contribution in [0.4, 0.5) is 0 Å². The standard InChI is InChI=1S/C28H27Cl2NO5/c1-3-4-9-34-28(33)25-15(2)31-21-10-17(16-5-7-18(29)8-6-16)11-22(32)27(21)26(25)19-12-23-24(13-20(19)30)36-14-35-23/h5-8,12-13,17,25-26H,3-4,9-11,14H2,1-2H3/t17-,25?,26-/m0/s1. The van der Waals surface area contributed by atoms with Crippen LogP contribution in [0, 0.1) is 5.92 Å². The fourth-order valence-corrected chi connectivity index (χ4v) is 5.65. The van der Waals surface area contributed by atoms with E-state index in [1.807, 2.05) is 38.1 Å². The van der Waals surface area contributed by atoms with Gasteiger partial charge in [-0.05, 0) is 55.0 Å². The molecule has 0 aromatic heterocycles. The Morgan fingerprint density at radius 3 is 2.56 bits per heavy atom. The molecule has 0 fully saturated rings. The zero-order valence-electron chi connectivity index (χ0n) is 20.2. The van der Waals surface area contributed by atoms with Gasteiger partial charge in [-0.25, -0.2) is 0 Å². The van der Waals surface area contributed by atoms with Crippen LogP contribution in [0.15, 0.2) is 52.7 Å². The van der Waals surface area contributed by atoms with Crippen molar-refractivity contribution in [3.63, 3.8) is 0 Å². The number of hydrogen-bond acceptors (Lipinski definition) is 6. The minimum atomic E-state index is -0.755. The molecular formula is C28H27Cl2NO5. The summed E-state index contributed by atoms with van der Waals surface area (Å²) in [6, 6.07) is 11.0. The molecule has 3 atom stereocenters. The van der Waals surface area contributed by atoms with Gasteiger partial charge in [-0.15, -0.1) is 0 Å². The number of allylic oxidation sites excluding steroid dienone is 2. The Balaban J connectivity index is 1.58. The van der Waals surface area contributed by atoms with Crippen LogP contribution in [-0.2, 0) is 14.3 Å². The van der Waals surface area contributed by atoms with Crippen molar-refractivity contribution in [2.75, 3.05) is 13.4 Å². The monoisotopic (exact) mass is 527 g/mol. The largest absolute Gasteiger partial charge is 0.465 e. The number of ketones is 1. The third kappa shape index (κ3) is 4.64. The number of Topliss-reactive ketones (excluding diaryl/α,β-unsaturated/α-hetero) is 1. The van der Waals surface area contributed by atoms with E-state index in [4.69, 9.17) is 42.4 Å². The first-order chi connectivity index (χ1) is 17.4. The third-order valence-electron chi connectivity index (χ3n) is 7.05. The van der Waals surface area contributed by atoms with Crippen molar-refractivity contribution in [2.45, 2.75) is 51.4 Å². The molecule has 188 valence electrons. The van der Waals surface area contributed by atoms with E-state index in [0.29, 0.717) is 63.5 Å². The normalized spacial score (nSPS) is 22.8. The summed E-state index contributed by atoms with van der Waals surface area (Å²) in [5, 5.41) is 1.05. The predicted molar refractivity (Wildman–Crippen MR) is 138 cm³/mol. The lowest BCUT2D eigenvalue weighted by Crippen LogP contribution is -2.38. The van der Waals surface area contributed by atoms with Crippen molar-refractivity contribution >= 4 is 40.7 Å². The van der Waals surface area contributed by atoms with E-state index in [1.165, 1.54) is 0 Å². The minimum absolute atomic E-state index is 0.0222. The first-order valence-corrected chi connectivity index (χ1v) is 13.0. The van der Waals surface area contributed by atoms with Crippen LogP contribution >= 0.6 is 23.2 Å². The molecule has 5 rings (SSSR count). The minimum Gasteiger partial charge on any atom is -0.465 e. The Bertz CT molecular complexity index is 1270. The number of rotatable bonds is 6. The predicted octanol–water partition coefficient (Wildman–Crippen LogP) is 6.64. The molecule has 2 aromatic carbocycles. The highest BCUT2D eigenvalue weighted by Gasteiger charge is 2.46. The number of carbonyl (C=O) groups excluding carboxylic acids is 2. The van der Waals surface area contributed by atoms with E-state index in [2.05, 4.69) is 0 Å². The summed E-state index contributed by atoms with van der Waals surface area (Å²) in [7, 11) is 0. The molecule has 0 radical (unpaired) electrons. The van der Waals surface area contributed by atoms with Crippen molar-refractivity contribution in [2.24, 2.45) is 10.9 Å². The quantitative estimate of drug-likeness (QED) is 0.311. The molecule has 2 aliphatic heterocycles. The lowest BCUT2D eigenvalue weighted by Gasteiger charge is -2.37. The Morgan fingerprint density at radius 2 is 1.83 bits per heavy atom. The summed E-state index contributed by atoms with van der Waals surface area (Å²) < 4.78 is 16.7. The van der Waals surface area contributed by atoms with Crippen LogP contribution in [-0.4, -0.2) is 30.9 Å². The maximum Gasteiger partial charge on any atom is 0.315 e. The first kappa shape index (κ1) is 24.8. The van der Waals surface area contributed by atoms with E-state index in [1.54, 1.807) is 12.1 Å². The van der Waals surface area contributed by atoms with Crippen LogP contribution < -0.4 is 9.47 Å². The van der Waals surface area contributed by atoms with Crippen LogP contribution in [0.1, 0.15) is 62.5 Å². The molecule has 3 aliphatic rings. The number of carbonyl (C=O) groups is 2. The van der Waals surface area contributed by atoms with Crippen molar-refractivity contribution < 1.29 is 23.8 Å². The fourth-order valence-electron chi connectivity index (χ4n) is 5.25. The molecular weight excluding hydrogens is 501 g/mol. The van der Waals surface area contributed by atoms with Crippen molar-refractivity contribution in [3.05, 3.63) is 68.8 Å². The molecule has 0 N–H and O–H groups in total.